The van der Waals surface area contributed by atoms with E-state index in [1.165, 1.54) is 12.1 Å². The van der Waals surface area contributed by atoms with Gasteiger partial charge in [-0.3, -0.25) is 0 Å². The van der Waals surface area contributed by atoms with Gasteiger partial charge in [0.1, 0.15) is 12.4 Å². The second-order valence-electron chi connectivity index (χ2n) is 4.20. The highest BCUT2D eigenvalue weighted by atomic mass is 35.5. The van der Waals surface area contributed by atoms with Crippen molar-refractivity contribution in [2.75, 3.05) is 18.9 Å². The van der Waals surface area contributed by atoms with Gasteiger partial charge in [0.15, 0.2) is 0 Å². The van der Waals surface area contributed by atoms with E-state index in [1.807, 2.05) is 0 Å². The number of alkyl halides is 3. The topological polar surface area (TPSA) is 44.5 Å². The van der Waals surface area contributed by atoms with Crippen LogP contribution in [0.5, 0.6) is 5.75 Å². The fraction of sp³-hybridized carbons (Fsp3) is 0.500. The van der Waals surface area contributed by atoms with Crippen LogP contribution in [-0.2, 0) is 10.9 Å². The largest absolute Gasteiger partial charge is 0.490 e. The lowest BCUT2D eigenvalue weighted by molar-refractivity contribution is -0.139. The molecule has 108 valence electrons. The van der Waals surface area contributed by atoms with Gasteiger partial charge in [-0.25, -0.2) is 0 Å². The molecule has 1 fully saturated rings. The first-order valence-electron chi connectivity index (χ1n) is 5.68. The van der Waals surface area contributed by atoms with Crippen LogP contribution < -0.4 is 10.5 Å². The van der Waals surface area contributed by atoms with Gasteiger partial charge >= 0.3 is 6.18 Å². The third-order valence-corrected chi connectivity index (χ3v) is 2.76. The maximum absolute atomic E-state index is 12.8. The van der Waals surface area contributed by atoms with Gasteiger partial charge in [-0.15, -0.1) is 12.4 Å². The molecule has 1 aromatic carbocycles. The third kappa shape index (κ3) is 4.18. The average molecular weight is 298 g/mol. The van der Waals surface area contributed by atoms with E-state index in [2.05, 4.69) is 0 Å². The molecule has 1 unspecified atom stereocenters. The first-order chi connectivity index (χ1) is 8.47. The van der Waals surface area contributed by atoms with Crippen LogP contribution in [-0.4, -0.2) is 19.3 Å². The minimum absolute atomic E-state index is 0. The van der Waals surface area contributed by atoms with Gasteiger partial charge in [-0.1, -0.05) is 0 Å². The fourth-order valence-electron chi connectivity index (χ4n) is 1.85. The lowest BCUT2D eigenvalue weighted by atomic mass is 10.1. The van der Waals surface area contributed by atoms with Crippen molar-refractivity contribution in [2.45, 2.75) is 25.1 Å². The zero-order chi connectivity index (χ0) is 13.2. The second kappa shape index (κ2) is 6.34. The first kappa shape index (κ1) is 15.9. The zero-order valence-corrected chi connectivity index (χ0v) is 10.9. The number of hydrogen-bond donors (Lipinski definition) is 1. The SMILES string of the molecule is Cl.Nc1ccc(OCC2CCCO2)c(C(F)(F)F)c1. The molecule has 1 aliphatic rings. The number of rotatable bonds is 3. The Hall–Kier alpha value is -1.14. The normalized spacial score (nSPS) is 19.0. The Labute approximate surface area is 115 Å². The van der Waals surface area contributed by atoms with Gasteiger partial charge in [-0.05, 0) is 31.0 Å². The molecular weight excluding hydrogens is 283 g/mol. The molecule has 0 aromatic heterocycles. The maximum atomic E-state index is 12.8. The van der Waals surface area contributed by atoms with E-state index in [-0.39, 0.29) is 36.6 Å². The van der Waals surface area contributed by atoms with Crippen LogP contribution in [0.1, 0.15) is 18.4 Å². The highest BCUT2D eigenvalue weighted by molar-refractivity contribution is 5.85. The van der Waals surface area contributed by atoms with Gasteiger partial charge in [-0.2, -0.15) is 13.2 Å². The molecule has 0 bridgehead atoms. The van der Waals surface area contributed by atoms with Crippen LogP contribution in [0, 0.1) is 0 Å². The zero-order valence-electron chi connectivity index (χ0n) is 10.1. The van der Waals surface area contributed by atoms with E-state index in [9.17, 15) is 13.2 Å². The van der Waals surface area contributed by atoms with Crippen molar-refractivity contribution in [1.29, 1.82) is 0 Å². The van der Waals surface area contributed by atoms with E-state index in [0.29, 0.717) is 6.61 Å². The van der Waals surface area contributed by atoms with Gasteiger partial charge in [0, 0.05) is 12.3 Å². The molecule has 7 heteroatoms. The Morgan fingerprint density at radius 2 is 2.11 bits per heavy atom. The molecule has 0 radical (unpaired) electrons. The van der Waals surface area contributed by atoms with E-state index >= 15 is 0 Å². The molecule has 2 N–H and O–H groups in total. The second-order valence-corrected chi connectivity index (χ2v) is 4.20. The molecule has 1 aromatic rings. The van der Waals surface area contributed by atoms with Crippen molar-refractivity contribution in [3.05, 3.63) is 23.8 Å². The predicted octanol–water partition coefficient (Wildman–Crippen LogP) is 3.27. The molecular formula is C12H15ClF3NO2. The summed E-state index contributed by atoms with van der Waals surface area (Å²) < 4.78 is 48.8. The highest BCUT2D eigenvalue weighted by Gasteiger charge is 2.34. The Bertz CT molecular complexity index is 420. The highest BCUT2D eigenvalue weighted by Crippen LogP contribution is 2.37. The summed E-state index contributed by atoms with van der Waals surface area (Å²) in [6.45, 7) is 0.773. The van der Waals surface area contributed by atoms with Gasteiger partial charge < -0.3 is 15.2 Å². The third-order valence-electron chi connectivity index (χ3n) is 2.76. The van der Waals surface area contributed by atoms with Crippen LogP contribution in [0.3, 0.4) is 0 Å². The fourth-order valence-corrected chi connectivity index (χ4v) is 1.85. The van der Waals surface area contributed by atoms with Crippen molar-refractivity contribution in [1.82, 2.24) is 0 Å². The number of ether oxygens (including phenoxy) is 2. The van der Waals surface area contributed by atoms with E-state index in [1.54, 1.807) is 0 Å². The number of halogens is 4. The maximum Gasteiger partial charge on any atom is 0.420 e. The van der Waals surface area contributed by atoms with E-state index < -0.39 is 11.7 Å². The Balaban J connectivity index is 0.00000180. The van der Waals surface area contributed by atoms with Crippen LogP contribution in [0.4, 0.5) is 18.9 Å². The predicted molar refractivity (Wildman–Crippen MR) is 67.6 cm³/mol. The van der Waals surface area contributed by atoms with Crippen molar-refractivity contribution >= 4 is 18.1 Å². The summed E-state index contributed by atoms with van der Waals surface area (Å²) in [6, 6.07) is 3.51. The summed E-state index contributed by atoms with van der Waals surface area (Å²) in [4.78, 5) is 0. The quantitative estimate of drug-likeness (QED) is 0.871. The van der Waals surface area contributed by atoms with Crippen molar-refractivity contribution in [3.63, 3.8) is 0 Å². The molecule has 1 aliphatic heterocycles. The molecule has 1 atom stereocenters. The molecule has 0 aliphatic carbocycles. The Morgan fingerprint density at radius 3 is 2.68 bits per heavy atom. The number of nitrogens with two attached hydrogens (primary N) is 1. The van der Waals surface area contributed by atoms with Crippen molar-refractivity contribution < 1.29 is 22.6 Å². The summed E-state index contributed by atoms with van der Waals surface area (Å²) in [5.74, 6) is -0.202. The summed E-state index contributed by atoms with van der Waals surface area (Å²) in [7, 11) is 0. The van der Waals surface area contributed by atoms with Gasteiger partial charge in [0.2, 0.25) is 0 Å². The van der Waals surface area contributed by atoms with Crippen LogP contribution in [0.25, 0.3) is 0 Å². The summed E-state index contributed by atoms with van der Waals surface area (Å²) in [5.41, 5.74) is 4.58. The van der Waals surface area contributed by atoms with Crippen LogP contribution >= 0.6 is 12.4 Å². The Morgan fingerprint density at radius 1 is 1.37 bits per heavy atom. The lowest BCUT2D eigenvalue weighted by Crippen LogP contribution is -2.18. The number of anilines is 1. The number of benzene rings is 1. The van der Waals surface area contributed by atoms with Gasteiger partial charge in [0.05, 0.1) is 11.7 Å². The van der Waals surface area contributed by atoms with Crippen LogP contribution in [0.2, 0.25) is 0 Å². The minimum atomic E-state index is -4.47. The molecule has 1 saturated heterocycles. The van der Waals surface area contributed by atoms with Crippen molar-refractivity contribution in [3.8, 4) is 5.75 Å². The van der Waals surface area contributed by atoms with Crippen LogP contribution in [0.15, 0.2) is 18.2 Å². The van der Waals surface area contributed by atoms with E-state index in [0.717, 1.165) is 18.9 Å². The number of nitrogen functional groups attached to an aromatic ring is 1. The first-order valence-corrected chi connectivity index (χ1v) is 5.68. The average Bonchev–Trinajstić information content (AvgIpc) is 2.79. The number of hydrogen-bond acceptors (Lipinski definition) is 3. The summed E-state index contributed by atoms with van der Waals surface area (Å²) >= 11 is 0. The molecule has 0 amide bonds. The van der Waals surface area contributed by atoms with E-state index in [4.69, 9.17) is 15.2 Å². The Kier molecular flexibility index (Phi) is 5.31. The van der Waals surface area contributed by atoms with Crippen molar-refractivity contribution in [2.24, 2.45) is 0 Å². The molecule has 0 saturated carbocycles. The standard InChI is InChI=1S/C12H14F3NO2.ClH/c13-12(14,15)10-6-8(16)3-4-11(10)18-7-9-2-1-5-17-9;/h3-4,6,9H,1-2,5,7,16H2;1H. The minimum Gasteiger partial charge on any atom is -0.490 e. The molecule has 0 spiro atoms. The summed E-state index contributed by atoms with van der Waals surface area (Å²) in [5, 5.41) is 0. The smallest absolute Gasteiger partial charge is 0.420 e. The molecule has 2 rings (SSSR count). The molecule has 1 heterocycles. The molecule has 19 heavy (non-hydrogen) atoms. The summed E-state index contributed by atoms with van der Waals surface area (Å²) in [6.07, 6.45) is -2.86. The lowest BCUT2D eigenvalue weighted by Gasteiger charge is -2.16. The van der Waals surface area contributed by atoms with Gasteiger partial charge in [0.25, 0.3) is 0 Å². The monoisotopic (exact) mass is 297 g/mol. The molecule has 3 nitrogen and oxygen atoms in total.